The van der Waals surface area contributed by atoms with Crippen molar-refractivity contribution in [1.29, 1.82) is 0 Å². The van der Waals surface area contributed by atoms with Crippen molar-refractivity contribution < 1.29 is 17.9 Å². The number of methoxy groups -OCH3 is 2. The first-order valence-electron chi connectivity index (χ1n) is 6.04. The third-order valence-corrected chi connectivity index (χ3v) is 4.79. The van der Waals surface area contributed by atoms with Gasteiger partial charge >= 0.3 is 0 Å². The molecule has 0 aliphatic heterocycles. The highest BCUT2D eigenvalue weighted by Gasteiger charge is 2.46. The lowest BCUT2D eigenvalue weighted by molar-refractivity contribution is 0.382. The van der Waals surface area contributed by atoms with Crippen LogP contribution in [0.4, 0.5) is 0 Å². The molecule has 19 heavy (non-hydrogen) atoms. The Hall–Kier alpha value is -1.27. The molecule has 6 heteroatoms. The van der Waals surface area contributed by atoms with Crippen molar-refractivity contribution in [1.82, 2.24) is 0 Å². The van der Waals surface area contributed by atoms with Gasteiger partial charge in [0.25, 0.3) is 0 Å². The van der Waals surface area contributed by atoms with E-state index in [4.69, 9.17) is 15.2 Å². The molecule has 0 spiro atoms. The van der Waals surface area contributed by atoms with Crippen molar-refractivity contribution in [2.45, 2.75) is 23.2 Å². The van der Waals surface area contributed by atoms with Crippen molar-refractivity contribution in [3.8, 4) is 11.5 Å². The van der Waals surface area contributed by atoms with E-state index in [1.165, 1.54) is 20.3 Å². The monoisotopic (exact) mass is 285 g/mol. The number of nitrogens with two attached hydrogens (primary N) is 1. The van der Waals surface area contributed by atoms with E-state index >= 15 is 0 Å². The molecule has 1 aliphatic rings. The Bertz CT molecular complexity index is 591. The molecule has 0 aromatic heterocycles. The fourth-order valence-electron chi connectivity index (χ4n) is 2.31. The van der Waals surface area contributed by atoms with Crippen LogP contribution in [-0.2, 0) is 15.3 Å². The van der Waals surface area contributed by atoms with Gasteiger partial charge in [-0.05, 0) is 18.9 Å². The molecule has 2 N–H and O–H groups in total. The topological polar surface area (TPSA) is 78.6 Å². The van der Waals surface area contributed by atoms with E-state index in [1.807, 2.05) is 6.07 Å². The summed E-state index contributed by atoms with van der Waals surface area (Å²) in [7, 11) is -0.395. The maximum absolute atomic E-state index is 11.9. The van der Waals surface area contributed by atoms with Crippen molar-refractivity contribution in [2.24, 2.45) is 5.73 Å². The fraction of sp³-hybridized carbons (Fsp3) is 0.538. The molecule has 2 rings (SSSR count). The minimum Gasteiger partial charge on any atom is -0.497 e. The minimum atomic E-state index is -3.39. The van der Waals surface area contributed by atoms with Gasteiger partial charge in [-0.25, -0.2) is 8.42 Å². The summed E-state index contributed by atoms with van der Waals surface area (Å²) in [5.74, 6) is 0.905. The van der Waals surface area contributed by atoms with Crippen LogP contribution in [0.2, 0.25) is 0 Å². The quantitative estimate of drug-likeness (QED) is 0.876. The van der Waals surface area contributed by atoms with Gasteiger partial charge in [0, 0.05) is 29.8 Å². The molecule has 106 valence electrons. The third kappa shape index (κ3) is 2.42. The molecule has 0 radical (unpaired) electrons. The lowest BCUT2D eigenvalue weighted by Gasteiger charge is -2.20. The largest absolute Gasteiger partial charge is 0.497 e. The zero-order chi connectivity index (χ0) is 14.3. The average molecular weight is 285 g/mol. The zero-order valence-electron chi connectivity index (χ0n) is 11.4. The maximum Gasteiger partial charge on any atom is 0.179 e. The third-order valence-electron chi connectivity index (χ3n) is 3.68. The molecule has 1 fully saturated rings. The smallest absolute Gasteiger partial charge is 0.179 e. The SMILES string of the molecule is COc1cc(C2(CN)CC2)c(OC)c(S(C)(=O)=O)c1. The molecule has 0 amide bonds. The first kappa shape index (κ1) is 14.1. The van der Waals surface area contributed by atoms with Gasteiger partial charge in [-0.1, -0.05) is 0 Å². The Morgan fingerprint density at radius 3 is 2.26 bits per heavy atom. The molecule has 1 aromatic rings. The molecular formula is C13H19NO4S. The van der Waals surface area contributed by atoms with E-state index in [9.17, 15) is 8.42 Å². The Labute approximate surface area is 113 Å². The van der Waals surface area contributed by atoms with Gasteiger partial charge in [0.1, 0.15) is 16.4 Å². The van der Waals surface area contributed by atoms with Gasteiger partial charge in [0.05, 0.1) is 14.2 Å². The van der Waals surface area contributed by atoms with Gasteiger partial charge in [0.15, 0.2) is 9.84 Å². The first-order valence-corrected chi connectivity index (χ1v) is 7.94. The number of sulfone groups is 1. The highest BCUT2D eigenvalue weighted by Crippen LogP contribution is 2.52. The summed E-state index contributed by atoms with van der Waals surface area (Å²) < 4.78 is 34.3. The molecule has 0 heterocycles. The Kier molecular flexibility index (Phi) is 3.49. The summed E-state index contributed by atoms with van der Waals surface area (Å²) in [6.07, 6.45) is 3.04. The van der Waals surface area contributed by atoms with Gasteiger partial charge in [0.2, 0.25) is 0 Å². The predicted octanol–water partition coefficient (Wildman–Crippen LogP) is 1.10. The summed E-state index contributed by atoms with van der Waals surface area (Å²) in [6.45, 7) is 0.472. The lowest BCUT2D eigenvalue weighted by atomic mass is 9.95. The molecule has 0 saturated heterocycles. The Balaban J connectivity index is 2.72. The highest BCUT2D eigenvalue weighted by atomic mass is 32.2. The fourth-order valence-corrected chi connectivity index (χ4v) is 3.17. The molecule has 1 aromatic carbocycles. The highest BCUT2D eigenvalue weighted by molar-refractivity contribution is 7.90. The summed E-state index contributed by atoms with van der Waals surface area (Å²) in [5.41, 5.74) is 6.49. The van der Waals surface area contributed by atoms with Gasteiger partial charge in [-0.15, -0.1) is 0 Å². The number of benzene rings is 1. The second-order valence-corrected chi connectivity index (χ2v) is 6.95. The molecule has 0 bridgehead atoms. The van der Waals surface area contributed by atoms with Crippen LogP contribution in [0.1, 0.15) is 18.4 Å². The van der Waals surface area contributed by atoms with E-state index in [0.29, 0.717) is 18.0 Å². The Morgan fingerprint density at radius 1 is 1.26 bits per heavy atom. The lowest BCUT2D eigenvalue weighted by Crippen LogP contribution is -2.21. The summed E-state index contributed by atoms with van der Waals surface area (Å²) >= 11 is 0. The van der Waals surface area contributed by atoms with E-state index in [-0.39, 0.29) is 10.3 Å². The second kappa shape index (κ2) is 4.68. The molecule has 0 unspecified atom stereocenters. The molecular weight excluding hydrogens is 266 g/mol. The minimum absolute atomic E-state index is 0.157. The molecule has 0 atom stereocenters. The van der Waals surface area contributed by atoms with Gasteiger partial charge in [-0.3, -0.25) is 0 Å². The summed E-state index contributed by atoms with van der Waals surface area (Å²) in [6, 6.07) is 3.32. The van der Waals surface area contributed by atoms with Crippen LogP contribution in [0.15, 0.2) is 17.0 Å². The van der Waals surface area contributed by atoms with Gasteiger partial charge in [-0.2, -0.15) is 0 Å². The predicted molar refractivity (Wildman–Crippen MR) is 72.6 cm³/mol. The molecule has 1 aliphatic carbocycles. The number of hydrogen-bond donors (Lipinski definition) is 1. The zero-order valence-corrected chi connectivity index (χ0v) is 12.2. The van der Waals surface area contributed by atoms with Crippen LogP contribution >= 0.6 is 0 Å². The van der Waals surface area contributed by atoms with Gasteiger partial charge < -0.3 is 15.2 Å². The first-order chi connectivity index (χ1) is 8.88. The number of ether oxygens (including phenoxy) is 2. The van der Waals surface area contributed by atoms with Crippen LogP contribution < -0.4 is 15.2 Å². The van der Waals surface area contributed by atoms with Crippen molar-refractivity contribution in [2.75, 3.05) is 27.0 Å². The average Bonchev–Trinajstić information content (AvgIpc) is 3.17. The second-order valence-electron chi connectivity index (χ2n) is 4.96. The van der Waals surface area contributed by atoms with E-state index < -0.39 is 9.84 Å². The van der Waals surface area contributed by atoms with Crippen LogP contribution in [-0.4, -0.2) is 35.4 Å². The maximum atomic E-state index is 11.9. The van der Waals surface area contributed by atoms with E-state index in [2.05, 4.69) is 0 Å². The Morgan fingerprint density at radius 2 is 1.89 bits per heavy atom. The summed E-state index contributed by atoms with van der Waals surface area (Å²) in [5, 5.41) is 0. The van der Waals surface area contributed by atoms with Crippen molar-refractivity contribution in [3.05, 3.63) is 17.7 Å². The van der Waals surface area contributed by atoms with Crippen LogP contribution in [0.5, 0.6) is 11.5 Å². The van der Waals surface area contributed by atoms with Crippen molar-refractivity contribution in [3.63, 3.8) is 0 Å². The number of hydrogen-bond acceptors (Lipinski definition) is 5. The van der Waals surface area contributed by atoms with E-state index in [0.717, 1.165) is 24.7 Å². The standard InChI is InChI=1S/C13H19NO4S/c1-17-9-6-10(13(8-14)4-5-13)12(18-2)11(7-9)19(3,15)16/h6-7H,4-5,8,14H2,1-3H3. The van der Waals surface area contributed by atoms with Crippen LogP contribution in [0.25, 0.3) is 0 Å². The molecule has 1 saturated carbocycles. The van der Waals surface area contributed by atoms with Crippen LogP contribution in [0.3, 0.4) is 0 Å². The molecule has 5 nitrogen and oxygen atoms in total. The number of rotatable bonds is 5. The van der Waals surface area contributed by atoms with Crippen molar-refractivity contribution >= 4 is 9.84 Å². The van der Waals surface area contributed by atoms with Crippen LogP contribution in [0, 0.1) is 0 Å². The summed E-state index contributed by atoms with van der Waals surface area (Å²) in [4.78, 5) is 0.157. The normalized spacial score (nSPS) is 17.1. The van der Waals surface area contributed by atoms with E-state index in [1.54, 1.807) is 0 Å².